The largest absolute Gasteiger partial charge is 0.396 e. The van der Waals surface area contributed by atoms with E-state index in [1.54, 1.807) is 0 Å². The average Bonchev–Trinajstić information content (AvgIpc) is 2.62. The van der Waals surface area contributed by atoms with Crippen molar-refractivity contribution in [3.8, 4) is 0 Å². The van der Waals surface area contributed by atoms with Crippen LogP contribution in [0.5, 0.6) is 0 Å². The van der Waals surface area contributed by atoms with Crippen LogP contribution in [0.25, 0.3) is 0 Å². The van der Waals surface area contributed by atoms with Crippen molar-refractivity contribution in [2.75, 3.05) is 6.61 Å². The summed E-state index contributed by atoms with van der Waals surface area (Å²) in [6.45, 7) is 7.46. The van der Waals surface area contributed by atoms with Gasteiger partial charge >= 0.3 is 0 Å². The van der Waals surface area contributed by atoms with Crippen molar-refractivity contribution in [2.24, 2.45) is 5.92 Å². The summed E-state index contributed by atoms with van der Waals surface area (Å²) in [6.07, 6.45) is 2.93. The molecule has 0 radical (unpaired) electrons. The molecular weight excluding hydrogens is 268 g/mol. The number of hydrogen-bond acceptors (Lipinski definition) is 2. The van der Waals surface area contributed by atoms with Crippen LogP contribution in [0.4, 0.5) is 0 Å². The Morgan fingerprint density at radius 2 is 2.12 bits per heavy atom. The maximum Gasteiger partial charge on any atom is 0.0766 e. The molecule has 0 aromatic carbocycles. The summed E-state index contributed by atoms with van der Waals surface area (Å²) in [4.78, 5) is 0. The minimum Gasteiger partial charge on any atom is -0.396 e. The Bertz CT molecular complexity index is 336. The van der Waals surface area contributed by atoms with Gasteiger partial charge in [-0.2, -0.15) is 5.10 Å². The van der Waals surface area contributed by atoms with Gasteiger partial charge in [0.15, 0.2) is 0 Å². The first-order chi connectivity index (χ1) is 7.63. The number of aliphatic hydroxyl groups is 1. The van der Waals surface area contributed by atoms with Crippen LogP contribution in [-0.4, -0.2) is 21.5 Å². The van der Waals surface area contributed by atoms with E-state index in [0.717, 1.165) is 36.0 Å². The fraction of sp³-hybridized carbons (Fsp3) is 0.750. The summed E-state index contributed by atoms with van der Waals surface area (Å²) in [7, 11) is 0. The molecule has 1 unspecified atom stereocenters. The zero-order valence-electron chi connectivity index (χ0n) is 10.3. The molecule has 0 aliphatic rings. The molecule has 1 heterocycles. The zero-order valence-corrected chi connectivity index (χ0v) is 11.9. The lowest BCUT2D eigenvalue weighted by Gasteiger charge is -2.09. The van der Waals surface area contributed by atoms with E-state index >= 15 is 0 Å². The summed E-state index contributed by atoms with van der Waals surface area (Å²) in [6, 6.07) is 0. The van der Waals surface area contributed by atoms with E-state index in [9.17, 15) is 0 Å². The van der Waals surface area contributed by atoms with Crippen molar-refractivity contribution < 1.29 is 5.11 Å². The van der Waals surface area contributed by atoms with Crippen LogP contribution in [0.3, 0.4) is 0 Å². The molecule has 0 bridgehead atoms. The third-order valence-electron chi connectivity index (χ3n) is 2.88. The van der Waals surface area contributed by atoms with Crippen LogP contribution in [0.2, 0.25) is 0 Å². The number of nitrogens with zero attached hydrogens (tertiary/aromatic N) is 2. The van der Waals surface area contributed by atoms with E-state index in [4.69, 9.17) is 5.11 Å². The molecule has 0 amide bonds. The predicted molar refractivity (Wildman–Crippen MR) is 69.5 cm³/mol. The van der Waals surface area contributed by atoms with Gasteiger partial charge in [0.05, 0.1) is 15.9 Å². The van der Waals surface area contributed by atoms with Crippen molar-refractivity contribution in [3.63, 3.8) is 0 Å². The van der Waals surface area contributed by atoms with E-state index in [1.165, 1.54) is 5.69 Å². The summed E-state index contributed by atoms with van der Waals surface area (Å²) in [5.41, 5.74) is 2.40. The Labute approximate surface area is 106 Å². The molecule has 1 rings (SSSR count). The Balaban J connectivity index is 2.80. The Morgan fingerprint density at radius 1 is 1.44 bits per heavy atom. The van der Waals surface area contributed by atoms with Gasteiger partial charge in [0.25, 0.3) is 0 Å². The van der Waals surface area contributed by atoms with Gasteiger partial charge in [-0.3, -0.25) is 4.68 Å². The van der Waals surface area contributed by atoms with Crippen molar-refractivity contribution in [3.05, 3.63) is 15.9 Å². The third kappa shape index (κ3) is 3.08. The van der Waals surface area contributed by atoms with E-state index < -0.39 is 0 Å². The van der Waals surface area contributed by atoms with Gasteiger partial charge in [0.1, 0.15) is 0 Å². The van der Waals surface area contributed by atoms with Gasteiger partial charge < -0.3 is 5.11 Å². The molecule has 1 aromatic heterocycles. The molecular formula is C12H21BrN2O. The van der Waals surface area contributed by atoms with Gasteiger partial charge in [-0.25, -0.2) is 0 Å². The standard InChI is InChI=1S/C12H21BrN2O/c1-4-10-12(13)11(15(5-2)14-10)7-6-9(3)8-16/h9,16H,4-8H2,1-3H3. The summed E-state index contributed by atoms with van der Waals surface area (Å²) in [5, 5.41) is 13.6. The fourth-order valence-electron chi connectivity index (χ4n) is 1.73. The highest BCUT2D eigenvalue weighted by Gasteiger charge is 2.14. The molecule has 16 heavy (non-hydrogen) atoms. The molecule has 1 aromatic rings. The molecule has 4 heteroatoms. The summed E-state index contributed by atoms with van der Waals surface area (Å²) < 4.78 is 3.22. The molecule has 1 atom stereocenters. The topological polar surface area (TPSA) is 38.0 Å². The van der Waals surface area contributed by atoms with Crippen LogP contribution >= 0.6 is 15.9 Å². The van der Waals surface area contributed by atoms with Crippen LogP contribution in [-0.2, 0) is 19.4 Å². The lowest BCUT2D eigenvalue weighted by Crippen LogP contribution is -2.07. The van der Waals surface area contributed by atoms with Crippen molar-refractivity contribution >= 4 is 15.9 Å². The Morgan fingerprint density at radius 3 is 2.62 bits per heavy atom. The second kappa shape index (κ2) is 6.40. The first kappa shape index (κ1) is 13.7. The quantitative estimate of drug-likeness (QED) is 0.874. The Kier molecular flexibility index (Phi) is 5.49. The molecule has 0 saturated heterocycles. The van der Waals surface area contributed by atoms with Crippen LogP contribution in [0.15, 0.2) is 4.47 Å². The van der Waals surface area contributed by atoms with Gasteiger partial charge in [-0.15, -0.1) is 0 Å². The molecule has 3 nitrogen and oxygen atoms in total. The number of halogens is 1. The van der Waals surface area contributed by atoms with E-state index in [0.29, 0.717) is 5.92 Å². The SMILES string of the molecule is CCc1nn(CC)c(CCC(C)CO)c1Br. The van der Waals surface area contributed by atoms with Gasteiger partial charge in [-0.05, 0) is 48.0 Å². The van der Waals surface area contributed by atoms with Crippen LogP contribution < -0.4 is 0 Å². The van der Waals surface area contributed by atoms with Gasteiger partial charge in [-0.1, -0.05) is 13.8 Å². The van der Waals surface area contributed by atoms with Crippen molar-refractivity contribution in [1.29, 1.82) is 0 Å². The first-order valence-electron chi connectivity index (χ1n) is 5.98. The minimum absolute atomic E-state index is 0.262. The molecule has 0 saturated carbocycles. The van der Waals surface area contributed by atoms with Crippen molar-refractivity contribution in [1.82, 2.24) is 9.78 Å². The molecule has 1 N–H and O–H groups in total. The summed E-state index contributed by atoms with van der Waals surface area (Å²) in [5.74, 6) is 0.359. The fourth-order valence-corrected chi connectivity index (χ4v) is 2.49. The highest BCUT2D eigenvalue weighted by atomic mass is 79.9. The molecule has 0 aliphatic heterocycles. The maximum absolute atomic E-state index is 9.03. The lowest BCUT2D eigenvalue weighted by molar-refractivity contribution is 0.230. The van der Waals surface area contributed by atoms with Crippen molar-refractivity contribution in [2.45, 2.75) is 46.6 Å². The molecule has 0 fully saturated rings. The molecule has 0 aliphatic carbocycles. The summed E-state index contributed by atoms with van der Waals surface area (Å²) >= 11 is 3.63. The van der Waals surface area contributed by atoms with E-state index in [2.05, 4.69) is 46.5 Å². The monoisotopic (exact) mass is 288 g/mol. The molecule has 0 spiro atoms. The second-order valence-corrected chi connectivity index (χ2v) is 5.00. The number of aryl methyl sites for hydroxylation is 2. The van der Waals surface area contributed by atoms with Gasteiger partial charge in [0.2, 0.25) is 0 Å². The third-order valence-corrected chi connectivity index (χ3v) is 3.80. The van der Waals surface area contributed by atoms with E-state index in [1.807, 2.05) is 0 Å². The highest BCUT2D eigenvalue weighted by Crippen LogP contribution is 2.24. The van der Waals surface area contributed by atoms with Gasteiger partial charge in [0, 0.05) is 13.2 Å². The number of hydrogen-bond donors (Lipinski definition) is 1. The highest BCUT2D eigenvalue weighted by molar-refractivity contribution is 9.10. The first-order valence-corrected chi connectivity index (χ1v) is 6.78. The van der Waals surface area contributed by atoms with E-state index in [-0.39, 0.29) is 6.61 Å². The van der Waals surface area contributed by atoms with Crippen LogP contribution in [0, 0.1) is 5.92 Å². The number of aliphatic hydroxyl groups excluding tert-OH is 1. The predicted octanol–water partition coefficient (Wildman–Crippen LogP) is 2.79. The number of rotatable bonds is 6. The smallest absolute Gasteiger partial charge is 0.0766 e. The lowest BCUT2D eigenvalue weighted by atomic mass is 10.1. The number of aromatic nitrogens is 2. The zero-order chi connectivity index (χ0) is 12.1. The molecule has 92 valence electrons. The minimum atomic E-state index is 0.262. The second-order valence-electron chi connectivity index (χ2n) is 4.20. The normalized spacial score (nSPS) is 13.1. The Hall–Kier alpha value is -0.350. The van der Waals surface area contributed by atoms with Crippen LogP contribution in [0.1, 0.15) is 38.6 Å². The average molecular weight is 289 g/mol. The maximum atomic E-state index is 9.03.